The van der Waals surface area contributed by atoms with Crippen LogP contribution in [0.15, 0.2) is 141 Å². The highest BCUT2D eigenvalue weighted by Gasteiger charge is 2.26. The van der Waals surface area contributed by atoms with Gasteiger partial charge in [-0.15, -0.1) is 13.2 Å². The Morgan fingerprint density at radius 3 is 1.83 bits per heavy atom. The quantitative estimate of drug-likeness (QED) is 0.0276. The molecule has 4 rings (SSSR count). The van der Waals surface area contributed by atoms with Gasteiger partial charge in [0.1, 0.15) is 25.6 Å². The summed E-state index contributed by atoms with van der Waals surface area (Å²) in [5.74, 6) is -1.67. The van der Waals surface area contributed by atoms with Crippen molar-refractivity contribution in [3.05, 3.63) is 163 Å². The van der Waals surface area contributed by atoms with Crippen molar-refractivity contribution < 1.29 is 38.5 Å². The number of aliphatic hydroxyl groups is 1. The van der Waals surface area contributed by atoms with Crippen LogP contribution in [0.2, 0.25) is 0 Å². The molecular weight excluding hydrogens is 759 g/mol. The SMILES string of the molecule is C=CC[C@@H](CC(=O)N[C@H](CO)Cc1ccc(OCc2ccccc2)cc1)C(=O)N[C@@H](CCCCNC(=O)OCc1ccccc1)COC(=O)[C@H](CC=C)Cc1ccccc1. The Morgan fingerprint density at radius 2 is 1.22 bits per heavy atom. The average Bonchev–Trinajstić information content (AvgIpc) is 3.27. The van der Waals surface area contributed by atoms with Crippen LogP contribution in [0.3, 0.4) is 0 Å². The van der Waals surface area contributed by atoms with Gasteiger partial charge >= 0.3 is 12.1 Å². The summed E-state index contributed by atoms with van der Waals surface area (Å²) in [6.45, 7) is 8.20. The van der Waals surface area contributed by atoms with Crippen LogP contribution in [0.25, 0.3) is 0 Å². The van der Waals surface area contributed by atoms with E-state index in [0.717, 1.165) is 22.3 Å². The molecule has 0 saturated carbocycles. The number of allylic oxidation sites excluding steroid dienone is 2. The lowest BCUT2D eigenvalue weighted by Gasteiger charge is -2.24. The maximum atomic E-state index is 13.8. The molecule has 0 aromatic heterocycles. The number of nitrogens with one attached hydrogen (secondary N) is 3. The molecule has 0 aliphatic rings. The Labute approximate surface area is 354 Å². The lowest BCUT2D eigenvalue weighted by molar-refractivity contribution is -0.150. The van der Waals surface area contributed by atoms with Crippen molar-refractivity contribution in [1.29, 1.82) is 0 Å². The molecule has 0 aliphatic carbocycles. The zero-order chi connectivity index (χ0) is 42.8. The number of unbranched alkanes of at least 4 members (excludes halogenated alkanes) is 1. The third-order valence-corrected chi connectivity index (χ3v) is 9.84. The third kappa shape index (κ3) is 17.7. The van der Waals surface area contributed by atoms with E-state index in [1.165, 1.54) is 0 Å². The Balaban J connectivity index is 1.31. The van der Waals surface area contributed by atoms with Crippen molar-refractivity contribution in [2.75, 3.05) is 19.8 Å². The van der Waals surface area contributed by atoms with E-state index < -0.39 is 36.0 Å². The van der Waals surface area contributed by atoms with Gasteiger partial charge in [-0.25, -0.2) is 4.79 Å². The smallest absolute Gasteiger partial charge is 0.407 e. The molecule has 0 unspecified atom stereocenters. The summed E-state index contributed by atoms with van der Waals surface area (Å²) in [5, 5.41) is 18.8. The highest BCUT2D eigenvalue weighted by molar-refractivity contribution is 5.86. The molecule has 0 fully saturated rings. The summed E-state index contributed by atoms with van der Waals surface area (Å²) in [5.41, 5.74) is 3.84. The standard InChI is InChI=1S/C49H59N3O8/c1-3-16-41(32-46(54)51-44(33-53)31-38-25-27-45(28-26-38)58-34-39-20-10-6-11-21-39)47(55)52-43(24-14-15-29-50-49(57)60-35-40-22-12-7-13-23-40)36-59-48(56)42(17-4-2)30-37-18-8-5-9-19-37/h3-13,18-23,25-28,41-44,53H,1-2,14-17,24,29-36H2,(H,50,57)(H,51,54)(H,52,55)/t41-,42+,43-,44-/m0/s1. The zero-order valence-electron chi connectivity index (χ0n) is 34.3. The molecule has 4 aromatic carbocycles. The van der Waals surface area contributed by atoms with Gasteiger partial charge in [0.25, 0.3) is 0 Å². The fourth-order valence-electron chi connectivity index (χ4n) is 6.56. The molecule has 0 spiro atoms. The zero-order valence-corrected chi connectivity index (χ0v) is 34.3. The number of ether oxygens (including phenoxy) is 3. The van der Waals surface area contributed by atoms with Crippen LogP contribution in [0.1, 0.15) is 60.8 Å². The average molecular weight is 818 g/mol. The van der Waals surface area contributed by atoms with Crippen LogP contribution in [-0.2, 0) is 49.9 Å². The monoisotopic (exact) mass is 817 g/mol. The third-order valence-electron chi connectivity index (χ3n) is 9.84. The Kier molecular flexibility index (Phi) is 20.7. The minimum atomic E-state index is -0.756. The molecular formula is C49H59N3O8. The number of amides is 3. The van der Waals surface area contributed by atoms with Crippen LogP contribution in [0, 0.1) is 11.8 Å². The van der Waals surface area contributed by atoms with Crippen molar-refractivity contribution >= 4 is 23.9 Å². The van der Waals surface area contributed by atoms with Crippen LogP contribution in [0.4, 0.5) is 4.79 Å². The molecule has 3 amide bonds. The van der Waals surface area contributed by atoms with Gasteiger partial charge in [0.15, 0.2) is 0 Å². The van der Waals surface area contributed by atoms with Gasteiger partial charge in [0.05, 0.1) is 30.5 Å². The fraction of sp³-hybridized carbons (Fsp3) is 0.347. The molecule has 11 nitrogen and oxygen atoms in total. The number of hydrogen-bond donors (Lipinski definition) is 4. The van der Waals surface area contributed by atoms with Gasteiger partial charge in [0, 0.05) is 13.0 Å². The van der Waals surface area contributed by atoms with Crippen LogP contribution < -0.4 is 20.7 Å². The first-order valence-electron chi connectivity index (χ1n) is 20.6. The van der Waals surface area contributed by atoms with Crippen LogP contribution >= 0.6 is 0 Å². The molecule has 0 bridgehead atoms. The first-order valence-corrected chi connectivity index (χ1v) is 20.6. The van der Waals surface area contributed by atoms with Gasteiger partial charge in [0.2, 0.25) is 11.8 Å². The number of carbonyl (C=O) groups is 4. The van der Waals surface area contributed by atoms with E-state index in [-0.39, 0.29) is 44.5 Å². The van der Waals surface area contributed by atoms with E-state index >= 15 is 0 Å². The number of rotatable bonds is 27. The van der Waals surface area contributed by atoms with Gasteiger partial charge in [-0.05, 0) is 79.3 Å². The van der Waals surface area contributed by atoms with Crippen LogP contribution in [-0.4, -0.2) is 60.8 Å². The van der Waals surface area contributed by atoms with Gasteiger partial charge in [-0.3, -0.25) is 14.4 Å². The van der Waals surface area contributed by atoms with Crippen molar-refractivity contribution in [2.45, 2.75) is 76.7 Å². The topological polar surface area (TPSA) is 152 Å². The van der Waals surface area contributed by atoms with E-state index in [9.17, 15) is 24.3 Å². The summed E-state index contributed by atoms with van der Waals surface area (Å²) in [7, 11) is 0. The summed E-state index contributed by atoms with van der Waals surface area (Å²) < 4.78 is 17.0. The summed E-state index contributed by atoms with van der Waals surface area (Å²) >= 11 is 0. The van der Waals surface area contributed by atoms with Gasteiger partial charge in [-0.1, -0.05) is 115 Å². The van der Waals surface area contributed by atoms with Crippen molar-refractivity contribution in [3.8, 4) is 5.75 Å². The number of hydrogen-bond acceptors (Lipinski definition) is 8. The maximum Gasteiger partial charge on any atom is 0.407 e. The number of carbonyl (C=O) groups excluding carboxylic acids is 4. The minimum absolute atomic E-state index is 0.0742. The van der Waals surface area contributed by atoms with Crippen molar-refractivity contribution in [1.82, 2.24) is 16.0 Å². The highest BCUT2D eigenvalue weighted by Crippen LogP contribution is 2.18. The molecule has 0 aliphatic heterocycles. The second-order valence-electron chi connectivity index (χ2n) is 14.7. The van der Waals surface area contributed by atoms with E-state index in [4.69, 9.17) is 14.2 Å². The predicted octanol–water partition coefficient (Wildman–Crippen LogP) is 7.43. The van der Waals surface area contributed by atoms with Crippen molar-refractivity contribution in [3.63, 3.8) is 0 Å². The summed E-state index contributed by atoms with van der Waals surface area (Å²) in [6.07, 6.45) is 5.75. The van der Waals surface area contributed by atoms with Gasteiger partial charge < -0.3 is 35.3 Å². The largest absolute Gasteiger partial charge is 0.489 e. The molecule has 4 N–H and O–H groups in total. The molecule has 4 aromatic rings. The molecule has 318 valence electrons. The Hall–Kier alpha value is -6.20. The highest BCUT2D eigenvalue weighted by atomic mass is 16.5. The summed E-state index contributed by atoms with van der Waals surface area (Å²) in [6, 6.07) is 35.3. The molecule has 0 heterocycles. The minimum Gasteiger partial charge on any atom is -0.489 e. The second-order valence-corrected chi connectivity index (χ2v) is 14.7. The lowest BCUT2D eigenvalue weighted by Crippen LogP contribution is -2.45. The first-order chi connectivity index (χ1) is 29.3. The van der Waals surface area contributed by atoms with Crippen molar-refractivity contribution in [2.24, 2.45) is 11.8 Å². The predicted molar refractivity (Wildman–Crippen MR) is 233 cm³/mol. The molecule has 11 heteroatoms. The normalized spacial score (nSPS) is 12.8. The van der Waals surface area contributed by atoms with E-state index in [2.05, 4.69) is 29.1 Å². The van der Waals surface area contributed by atoms with E-state index in [1.54, 1.807) is 12.2 Å². The van der Waals surface area contributed by atoms with E-state index in [1.807, 2.05) is 115 Å². The number of aliphatic hydroxyl groups excluding tert-OH is 1. The first kappa shape index (κ1) is 46.5. The Bertz CT molecular complexity index is 1890. The number of alkyl carbamates (subject to hydrolysis) is 1. The molecule has 60 heavy (non-hydrogen) atoms. The molecule has 0 saturated heterocycles. The Morgan fingerprint density at radius 1 is 0.633 bits per heavy atom. The van der Waals surface area contributed by atoms with Crippen LogP contribution in [0.5, 0.6) is 5.75 Å². The van der Waals surface area contributed by atoms with Gasteiger partial charge in [-0.2, -0.15) is 0 Å². The fourth-order valence-corrected chi connectivity index (χ4v) is 6.56. The second kappa shape index (κ2) is 26.7. The maximum absolute atomic E-state index is 13.8. The molecule has 0 radical (unpaired) electrons. The number of benzene rings is 4. The lowest BCUT2D eigenvalue weighted by atomic mass is 9.96. The number of esters is 1. The molecule has 4 atom stereocenters. The summed E-state index contributed by atoms with van der Waals surface area (Å²) in [4.78, 5) is 52.7. The van der Waals surface area contributed by atoms with E-state index in [0.29, 0.717) is 57.4 Å².